The summed E-state index contributed by atoms with van der Waals surface area (Å²) in [6.07, 6.45) is 0. The molecular formula is C15H16N4O2. The Bertz CT molecular complexity index is 715. The van der Waals surface area contributed by atoms with Gasteiger partial charge in [0, 0.05) is 17.8 Å². The monoisotopic (exact) mass is 284 g/mol. The van der Waals surface area contributed by atoms with Crippen LogP contribution in [0.1, 0.15) is 16.7 Å². The van der Waals surface area contributed by atoms with Crippen LogP contribution in [-0.4, -0.2) is 4.92 Å². The third-order valence-corrected chi connectivity index (χ3v) is 3.16. The Kier molecular flexibility index (Phi) is 3.98. The Morgan fingerprint density at radius 2 is 1.62 bits per heavy atom. The van der Waals surface area contributed by atoms with E-state index in [-0.39, 0.29) is 5.69 Å². The zero-order valence-electron chi connectivity index (χ0n) is 12.1. The SMILES string of the molecule is Cc1cc([N+](=O)[O-])ccc1N=Nc1c(C)cc(N)cc1C. The molecule has 0 fully saturated rings. The van der Waals surface area contributed by atoms with Gasteiger partial charge in [0.15, 0.2) is 0 Å². The predicted molar refractivity (Wildman–Crippen MR) is 82.3 cm³/mol. The van der Waals surface area contributed by atoms with Crippen molar-refractivity contribution in [3.63, 3.8) is 0 Å². The van der Waals surface area contributed by atoms with Crippen LogP contribution in [0.15, 0.2) is 40.6 Å². The highest BCUT2D eigenvalue weighted by Crippen LogP contribution is 2.30. The molecule has 0 saturated heterocycles. The summed E-state index contributed by atoms with van der Waals surface area (Å²) in [5, 5.41) is 19.1. The number of hydrogen-bond donors (Lipinski definition) is 1. The third-order valence-electron chi connectivity index (χ3n) is 3.16. The fraction of sp³-hybridized carbons (Fsp3) is 0.200. The van der Waals surface area contributed by atoms with Gasteiger partial charge in [-0.2, -0.15) is 5.11 Å². The van der Waals surface area contributed by atoms with E-state index in [9.17, 15) is 10.1 Å². The van der Waals surface area contributed by atoms with Gasteiger partial charge in [-0.15, -0.1) is 5.11 Å². The number of nitro benzene ring substituents is 1. The molecule has 0 atom stereocenters. The van der Waals surface area contributed by atoms with Crippen molar-refractivity contribution in [1.29, 1.82) is 0 Å². The lowest BCUT2D eigenvalue weighted by atomic mass is 10.1. The molecule has 2 aromatic rings. The molecule has 0 aliphatic rings. The summed E-state index contributed by atoms with van der Waals surface area (Å²) in [4.78, 5) is 10.3. The molecule has 108 valence electrons. The van der Waals surface area contributed by atoms with Gasteiger partial charge in [0.2, 0.25) is 0 Å². The Labute approximate surface area is 122 Å². The quantitative estimate of drug-likeness (QED) is 0.388. The maximum atomic E-state index is 10.7. The van der Waals surface area contributed by atoms with E-state index in [1.54, 1.807) is 13.0 Å². The molecular weight excluding hydrogens is 268 g/mol. The van der Waals surface area contributed by atoms with Crippen LogP contribution in [-0.2, 0) is 0 Å². The van der Waals surface area contributed by atoms with Crippen LogP contribution in [0.5, 0.6) is 0 Å². The molecule has 0 bridgehead atoms. The zero-order chi connectivity index (χ0) is 15.6. The minimum Gasteiger partial charge on any atom is -0.399 e. The van der Waals surface area contributed by atoms with Crippen molar-refractivity contribution in [1.82, 2.24) is 0 Å². The number of nitrogens with zero attached hydrogens (tertiary/aromatic N) is 3. The molecule has 0 aliphatic carbocycles. The van der Waals surface area contributed by atoms with Crippen molar-refractivity contribution in [2.45, 2.75) is 20.8 Å². The largest absolute Gasteiger partial charge is 0.399 e. The average molecular weight is 284 g/mol. The molecule has 2 rings (SSSR count). The number of nitrogens with two attached hydrogens (primary N) is 1. The van der Waals surface area contributed by atoms with Crippen molar-refractivity contribution in [3.05, 3.63) is 57.1 Å². The molecule has 21 heavy (non-hydrogen) atoms. The van der Waals surface area contributed by atoms with E-state index < -0.39 is 4.92 Å². The highest BCUT2D eigenvalue weighted by atomic mass is 16.6. The smallest absolute Gasteiger partial charge is 0.269 e. The summed E-state index contributed by atoms with van der Waals surface area (Å²) in [5.74, 6) is 0. The van der Waals surface area contributed by atoms with Gasteiger partial charge in [0.05, 0.1) is 16.3 Å². The molecule has 0 unspecified atom stereocenters. The van der Waals surface area contributed by atoms with E-state index >= 15 is 0 Å². The van der Waals surface area contributed by atoms with Crippen LogP contribution in [0.2, 0.25) is 0 Å². The van der Waals surface area contributed by atoms with Crippen molar-refractivity contribution in [3.8, 4) is 0 Å². The Morgan fingerprint density at radius 3 is 2.14 bits per heavy atom. The summed E-state index contributed by atoms with van der Waals surface area (Å²) in [6, 6.07) is 8.17. The highest BCUT2D eigenvalue weighted by molar-refractivity contribution is 5.60. The molecule has 6 heteroatoms. The number of nitrogen functional groups attached to an aromatic ring is 1. The first-order chi connectivity index (χ1) is 9.88. The highest BCUT2D eigenvalue weighted by Gasteiger charge is 2.08. The normalized spacial score (nSPS) is 11.0. The number of anilines is 1. The summed E-state index contributed by atoms with van der Waals surface area (Å²) in [7, 11) is 0. The van der Waals surface area contributed by atoms with Crippen LogP contribution in [0.4, 0.5) is 22.7 Å². The summed E-state index contributed by atoms with van der Waals surface area (Å²) in [5.41, 5.74) is 10.5. The maximum Gasteiger partial charge on any atom is 0.269 e. The second-order valence-electron chi connectivity index (χ2n) is 4.93. The lowest BCUT2D eigenvalue weighted by Crippen LogP contribution is -1.89. The van der Waals surface area contributed by atoms with E-state index in [1.807, 2.05) is 26.0 Å². The fourth-order valence-electron chi connectivity index (χ4n) is 2.12. The molecule has 0 saturated carbocycles. The van der Waals surface area contributed by atoms with Gasteiger partial charge in [-0.3, -0.25) is 10.1 Å². The summed E-state index contributed by atoms with van der Waals surface area (Å²) < 4.78 is 0. The van der Waals surface area contributed by atoms with Crippen LogP contribution in [0, 0.1) is 30.9 Å². The first-order valence-corrected chi connectivity index (χ1v) is 6.42. The standard InChI is InChI=1S/C15H16N4O2/c1-9-8-13(19(20)21)4-5-14(9)17-18-15-10(2)6-12(16)7-11(15)3/h4-8H,16H2,1-3H3. The molecule has 2 N–H and O–H groups in total. The van der Waals surface area contributed by atoms with Crippen LogP contribution in [0.3, 0.4) is 0 Å². The Hall–Kier alpha value is -2.76. The van der Waals surface area contributed by atoms with Gasteiger partial charge < -0.3 is 5.73 Å². The van der Waals surface area contributed by atoms with E-state index in [2.05, 4.69) is 10.2 Å². The Balaban J connectivity index is 2.36. The Morgan fingerprint density at radius 1 is 1.00 bits per heavy atom. The van der Waals surface area contributed by atoms with E-state index in [1.165, 1.54) is 12.1 Å². The summed E-state index contributed by atoms with van der Waals surface area (Å²) in [6.45, 7) is 5.60. The lowest BCUT2D eigenvalue weighted by molar-refractivity contribution is -0.384. The minimum absolute atomic E-state index is 0.0475. The molecule has 0 heterocycles. The van der Waals surface area contributed by atoms with Gasteiger partial charge in [0.25, 0.3) is 5.69 Å². The molecule has 0 spiro atoms. The van der Waals surface area contributed by atoms with Gasteiger partial charge >= 0.3 is 0 Å². The minimum atomic E-state index is -0.428. The topological polar surface area (TPSA) is 93.9 Å². The predicted octanol–water partition coefficient (Wildman–Crippen LogP) is 4.52. The molecule has 6 nitrogen and oxygen atoms in total. The van der Waals surface area contributed by atoms with Gasteiger partial charge in [-0.25, -0.2) is 0 Å². The zero-order valence-corrected chi connectivity index (χ0v) is 12.1. The van der Waals surface area contributed by atoms with Crippen LogP contribution < -0.4 is 5.73 Å². The van der Waals surface area contributed by atoms with E-state index in [4.69, 9.17) is 5.73 Å². The number of rotatable bonds is 3. The van der Waals surface area contributed by atoms with Gasteiger partial charge in [-0.05, 0) is 55.7 Å². The van der Waals surface area contributed by atoms with Crippen LogP contribution in [0.25, 0.3) is 0 Å². The van der Waals surface area contributed by atoms with Gasteiger partial charge in [0.1, 0.15) is 0 Å². The maximum absolute atomic E-state index is 10.7. The molecule has 0 radical (unpaired) electrons. The number of benzene rings is 2. The van der Waals surface area contributed by atoms with E-state index in [0.717, 1.165) is 16.8 Å². The molecule has 0 aromatic heterocycles. The van der Waals surface area contributed by atoms with Crippen LogP contribution >= 0.6 is 0 Å². The third kappa shape index (κ3) is 3.22. The first-order valence-electron chi connectivity index (χ1n) is 6.42. The number of azo groups is 1. The number of aryl methyl sites for hydroxylation is 3. The second-order valence-corrected chi connectivity index (χ2v) is 4.93. The first kappa shape index (κ1) is 14.6. The fourth-order valence-corrected chi connectivity index (χ4v) is 2.12. The second kappa shape index (κ2) is 5.70. The average Bonchev–Trinajstić information content (AvgIpc) is 2.38. The number of hydrogen-bond acceptors (Lipinski definition) is 5. The molecule has 0 aliphatic heterocycles. The van der Waals surface area contributed by atoms with Crippen molar-refractivity contribution in [2.75, 3.05) is 5.73 Å². The molecule has 0 amide bonds. The lowest BCUT2D eigenvalue weighted by Gasteiger charge is -2.05. The van der Waals surface area contributed by atoms with Crippen molar-refractivity contribution < 1.29 is 4.92 Å². The molecule has 2 aromatic carbocycles. The van der Waals surface area contributed by atoms with Crippen molar-refractivity contribution in [2.24, 2.45) is 10.2 Å². The van der Waals surface area contributed by atoms with Gasteiger partial charge in [-0.1, -0.05) is 0 Å². The number of non-ortho nitro benzene ring substituents is 1. The van der Waals surface area contributed by atoms with Crippen molar-refractivity contribution >= 4 is 22.7 Å². The summed E-state index contributed by atoms with van der Waals surface area (Å²) >= 11 is 0. The van der Waals surface area contributed by atoms with E-state index in [0.29, 0.717) is 16.9 Å². The number of nitro groups is 1.